The molecular formula is C16H13N5O3. The largest absolute Gasteiger partial charge is 0.497 e. The second-order valence-electron chi connectivity index (χ2n) is 4.92. The maximum absolute atomic E-state index is 5.38. The summed E-state index contributed by atoms with van der Waals surface area (Å²) < 4.78 is 17.8. The van der Waals surface area contributed by atoms with Gasteiger partial charge in [0, 0.05) is 30.9 Å². The molecule has 0 aliphatic heterocycles. The van der Waals surface area contributed by atoms with Crippen LogP contribution >= 0.6 is 0 Å². The average molecular weight is 323 g/mol. The zero-order valence-corrected chi connectivity index (χ0v) is 13.0. The van der Waals surface area contributed by atoms with Gasteiger partial charge in [-0.3, -0.25) is 0 Å². The molecule has 8 heteroatoms. The predicted octanol–water partition coefficient (Wildman–Crippen LogP) is 2.46. The molecule has 0 amide bonds. The molecule has 0 aliphatic rings. The lowest BCUT2D eigenvalue weighted by Crippen LogP contribution is -1.93. The van der Waals surface area contributed by atoms with Gasteiger partial charge in [0.15, 0.2) is 11.3 Å². The predicted molar refractivity (Wildman–Crippen MR) is 84.8 cm³/mol. The molecular weight excluding hydrogens is 310 g/mol. The van der Waals surface area contributed by atoms with Crippen molar-refractivity contribution in [1.82, 2.24) is 24.5 Å². The van der Waals surface area contributed by atoms with Crippen LogP contribution in [0.2, 0.25) is 0 Å². The fourth-order valence-corrected chi connectivity index (χ4v) is 2.42. The summed E-state index contributed by atoms with van der Waals surface area (Å²) in [7, 11) is 3.17. The SMILES string of the molecule is COc1ccc(-c2noc(-c3nccn4ccnc34)n2)c(OC)c1. The van der Waals surface area contributed by atoms with Gasteiger partial charge < -0.3 is 18.4 Å². The monoisotopic (exact) mass is 323 g/mol. The maximum Gasteiger partial charge on any atom is 0.280 e. The Bertz CT molecular complexity index is 1010. The molecule has 3 aromatic heterocycles. The summed E-state index contributed by atoms with van der Waals surface area (Å²) in [5, 5.41) is 4.03. The summed E-state index contributed by atoms with van der Waals surface area (Å²) >= 11 is 0. The maximum atomic E-state index is 5.38. The van der Waals surface area contributed by atoms with Crippen LogP contribution in [0.4, 0.5) is 0 Å². The Labute approximate surface area is 136 Å². The molecule has 0 atom stereocenters. The Hall–Kier alpha value is -3.42. The molecule has 0 bridgehead atoms. The van der Waals surface area contributed by atoms with Crippen molar-refractivity contribution in [2.75, 3.05) is 14.2 Å². The zero-order valence-electron chi connectivity index (χ0n) is 13.0. The van der Waals surface area contributed by atoms with Crippen LogP contribution in [0.1, 0.15) is 0 Å². The first kappa shape index (κ1) is 14.2. The lowest BCUT2D eigenvalue weighted by Gasteiger charge is -2.07. The second kappa shape index (κ2) is 5.65. The van der Waals surface area contributed by atoms with Crippen molar-refractivity contribution < 1.29 is 14.0 Å². The summed E-state index contributed by atoms with van der Waals surface area (Å²) in [5.41, 5.74) is 1.87. The summed E-state index contributed by atoms with van der Waals surface area (Å²) in [6, 6.07) is 5.39. The lowest BCUT2D eigenvalue weighted by atomic mass is 10.2. The Balaban J connectivity index is 1.80. The van der Waals surface area contributed by atoms with E-state index < -0.39 is 0 Å². The highest BCUT2D eigenvalue weighted by atomic mass is 16.5. The number of fused-ring (bicyclic) bond motifs is 1. The normalized spacial score (nSPS) is 10.9. The number of ether oxygens (including phenoxy) is 2. The molecule has 0 unspecified atom stereocenters. The highest BCUT2D eigenvalue weighted by Gasteiger charge is 2.18. The molecule has 120 valence electrons. The molecule has 0 saturated carbocycles. The van der Waals surface area contributed by atoms with E-state index in [1.54, 1.807) is 38.9 Å². The van der Waals surface area contributed by atoms with Crippen LogP contribution in [-0.2, 0) is 0 Å². The van der Waals surface area contributed by atoms with E-state index in [4.69, 9.17) is 14.0 Å². The number of hydrogen-bond donors (Lipinski definition) is 0. The third-order valence-corrected chi connectivity index (χ3v) is 3.59. The Kier molecular flexibility index (Phi) is 3.34. The van der Waals surface area contributed by atoms with Crippen molar-refractivity contribution >= 4 is 5.65 Å². The molecule has 0 aliphatic carbocycles. The van der Waals surface area contributed by atoms with Crippen LogP contribution in [0, 0.1) is 0 Å². The number of imidazole rings is 1. The van der Waals surface area contributed by atoms with Gasteiger partial charge in [-0.2, -0.15) is 4.98 Å². The van der Waals surface area contributed by atoms with Crippen molar-refractivity contribution in [2.24, 2.45) is 0 Å². The van der Waals surface area contributed by atoms with Crippen molar-refractivity contribution in [1.29, 1.82) is 0 Å². The number of methoxy groups -OCH3 is 2. The smallest absolute Gasteiger partial charge is 0.280 e. The van der Waals surface area contributed by atoms with E-state index in [9.17, 15) is 0 Å². The minimum Gasteiger partial charge on any atom is -0.497 e. The van der Waals surface area contributed by atoms with E-state index in [0.29, 0.717) is 40.1 Å². The molecule has 8 nitrogen and oxygen atoms in total. The van der Waals surface area contributed by atoms with E-state index >= 15 is 0 Å². The Morgan fingerprint density at radius 3 is 2.67 bits per heavy atom. The Morgan fingerprint density at radius 1 is 1.04 bits per heavy atom. The summed E-state index contributed by atoms with van der Waals surface area (Å²) in [6.07, 6.45) is 6.96. The first-order valence-electron chi connectivity index (χ1n) is 7.14. The van der Waals surface area contributed by atoms with Crippen molar-refractivity contribution in [3.63, 3.8) is 0 Å². The van der Waals surface area contributed by atoms with Gasteiger partial charge in [-0.25, -0.2) is 9.97 Å². The lowest BCUT2D eigenvalue weighted by molar-refractivity contribution is 0.394. The summed E-state index contributed by atoms with van der Waals surface area (Å²) in [6.45, 7) is 0. The average Bonchev–Trinajstić information content (AvgIpc) is 3.30. The second-order valence-corrected chi connectivity index (χ2v) is 4.92. The summed E-state index contributed by atoms with van der Waals surface area (Å²) in [5.74, 6) is 1.97. The van der Waals surface area contributed by atoms with Gasteiger partial charge in [-0.15, -0.1) is 0 Å². The molecule has 0 saturated heterocycles. The number of benzene rings is 1. The van der Waals surface area contributed by atoms with E-state index in [1.807, 2.05) is 22.7 Å². The van der Waals surface area contributed by atoms with Gasteiger partial charge in [0.05, 0.1) is 19.8 Å². The summed E-state index contributed by atoms with van der Waals surface area (Å²) in [4.78, 5) is 13.0. The van der Waals surface area contributed by atoms with Gasteiger partial charge >= 0.3 is 0 Å². The molecule has 24 heavy (non-hydrogen) atoms. The van der Waals surface area contributed by atoms with E-state index in [0.717, 1.165) is 0 Å². The van der Waals surface area contributed by atoms with Crippen LogP contribution in [0.25, 0.3) is 28.6 Å². The highest BCUT2D eigenvalue weighted by molar-refractivity contribution is 5.70. The first-order valence-corrected chi connectivity index (χ1v) is 7.14. The molecule has 4 rings (SSSR count). The number of hydrogen-bond acceptors (Lipinski definition) is 7. The fourth-order valence-electron chi connectivity index (χ4n) is 2.42. The quantitative estimate of drug-likeness (QED) is 0.570. The minimum atomic E-state index is 0.291. The van der Waals surface area contributed by atoms with Crippen LogP contribution in [-0.4, -0.2) is 38.7 Å². The third-order valence-electron chi connectivity index (χ3n) is 3.59. The van der Waals surface area contributed by atoms with Crippen molar-refractivity contribution in [3.8, 4) is 34.5 Å². The fraction of sp³-hybridized carbons (Fsp3) is 0.125. The van der Waals surface area contributed by atoms with Gasteiger partial charge in [0.1, 0.15) is 11.5 Å². The van der Waals surface area contributed by atoms with Crippen LogP contribution in [0.15, 0.2) is 47.5 Å². The van der Waals surface area contributed by atoms with Crippen LogP contribution < -0.4 is 9.47 Å². The topological polar surface area (TPSA) is 87.6 Å². The van der Waals surface area contributed by atoms with Gasteiger partial charge in [0.2, 0.25) is 5.82 Å². The van der Waals surface area contributed by atoms with Crippen molar-refractivity contribution in [2.45, 2.75) is 0 Å². The molecule has 1 aromatic carbocycles. The van der Waals surface area contributed by atoms with Gasteiger partial charge in [0.25, 0.3) is 5.89 Å². The number of rotatable bonds is 4. The van der Waals surface area contributed by atoms with Crippen LogP contribution in [0.3, 0.4) is 0 Å². The molecule has 0 spiro atoms. The molecule has 3 heterocycles. The molecule has 0 N–H and O–H groups in total. The molecule has 0 fully saturated rings. The van der Waals surface area contributed by atoms with Crippen LogP contribution in [0.5, 0.6) is 11.5 Å². The highest BCUT2D eigenvalue weighted by Crippen LogP contribution is 2.32. The number of aromatic nitrogens is 5. The van der Waals surface area contributed by atoms with Gasteiger partial charge in [-0.1, -0.05) is 5.16 Å². The zero-order chi connectivity index (χ0) is 16.5. The first-order chi connectivity index (χ1) is 11.8. The number of nitrogens with zero attached hydrogens (tertiary/aromatic N) is 5. The van der Waals surface area contributed by atoms with E-state index in [1.165, 1.54) is 0 Å². The Morgan fingerprint density at radius 2 is 1.88 bits per heavy atom. The van der Waals surface area contributed by atoms with E-state index in [-0.39, 0.29) is 0 Å². The minimum absolute atomic E-state index is 0.291. The molecule has 0 radical (unpaired) electrons. The van der Waals surface area contributed by atoms with Crippen molar-refractivity contribution in [3.05, 3.63) is 43.0 Å². The third kappa shape index (κ3) is 2.24. The molecule has 4 aromatic rings. The standard InChI is InChI=1S/C16H13N5O3/c1-22-10-3-4-11(12(9-10)23-2)14-19-16(24-20-14)13-15-18-6-8-21(15)7-5-17-13/h3-9H,1-2H3. The van der Waals surface area contributed by atoms with E-state index in [2.05, 4.69) is 20.1 Å². The van der Waals surface area contributed by atoms with Gasteiger partial charge in [-0.05, 0) is 12.1 Å².